The molecule has 158 valence electrons. The van der Waals surface area contributed by atoms with Gasteiger partial charge in [-0.2, -0.15) is 0 Å². The van der Waals surface area contributed by atoms with E-state index in [4.69, 9.17) is 14.2 Å². The first-order chi connectivity index (χ1) is 13.9. The van der Waals surface area contributed by atoms with E-state index in [0.717, 1.165) is 12.8 Å². The first-order valence-electron chi connectivity index (χ1n) is 10.1. The monoisotopic (exact) mass is 402 g/mol. The lowest BCUT2D eigenvalue weighted by Gasteiger charge is -2.37. The highest BCUT2D eigenvalue weighted by atomic mass is 16.5. The van der Waals surface area contributed by atoms with Crippen molar-refractivity contribution in [3.63, 3.8) is 0 Å². The van der Waals surface area contributed by atoms with Gasteiger partial charge in [0.25, 0.3) is 11.8 Å². The van der Waals surface area contributed by atoms with Crippen LogP contribution in [0.25, 0.3) is 5.57 Å². The standard InChI is InChI=1S/C22H30N2O5/c1-6-7-10-24-21(25)19(16-8-9-17(27-4)18(11-16)28-5)20(22(24)26)23-12-14(2)29-15(3)13-23/h8-9,11,14-15H,6-7,10,12-13H2,1-5H3. The third-order valence-corrected chi connectivity index (χ3v) is 5.29. The molecule has 2 amide bonds. The van der Waals surface area contributed by atoms with Crippen LogP contribution in [-0.2, 0) is 14.3 Å². The van der Waals surface area contributed by atoms with Crippen LogP contribution < -0.4 is 9.47 Å². The van der Waals surface area contributed by atoms with E-state index in [1.54, 1.807) is 32.4 Å². The van der Waals surface area contributed by atoms with Crippen LogP contribution in [0.3, 0.4) is 0 Å². The Labute approximate surface area is 172 Å². The van der Waals surface area contributed by atoms with Crippen LogP contribution in [0.1, 0.15) is 39.2 Å². The summed E-state index contributed by atoms with van der Waals surface area (Å²) >= 11 is 0. The number of ether oxygens (including phenoxy) is 3. The van der Waals surface area contributed by atoms with Crippen LogP contribution in [0.4, 0.5) is 0 Å². The lowest BCUT2D eigenvalue weighted by Crippen LogP contribution is -2.47. The fourth-order valence-electron chi connectivity index (χ4n) is 3.99. The molecule has 2 atom stereocenters. The van der Waals surface area contributed by atoms with Gasteiger partial charge in [0.1, 0.15) is 5.70 Å². The molecule has 0 bridgehead atoms. The number of benzene rings is 1. The predicted molar refractivity (Wildman–Crippen MR) is 110 cm³/mol. The molecule has 0 aliphatic carbocycles. The summed E-state index contributed by atoms with van der Waals surface area (Å²) < 4.78 is 16.6. The van der Waals surface area contributed by atoms with Crippen molar-refractivity contribution in [1.82, 2.24) is 9.80 Å². The second-order valence-electron chi connectivity index (χ2n) is 7.57. The van der Waals surface area contributed by atoms with Crippen LogP contribution in [0, 0.1) is 0 Å². The molecule has 0 N–H and O–H groups in total. The summed E-state index contributed by atoms with van der Waals surface area (Å²) in [5, 5.41) is 0. The Bertz CT molecular complexity index is 809. The molecule has 0 aromatic heterocycles. The van der Waals surface area contributed by atoms with Gasteiger partial charge in [0.2, 0.25) is 0 Å². The van der Waals surface area contributed by atoms with E-state index in [-0.39, 0.29) is 24.0 Å². The number of hydrogen-bond acceptors (Lipinski definition) is 6. The minimum absolute atomic E-state index is 0.0227. The number of unbranched alkanes of at least 4 members (excludes halogenated alkanes) is 1. The number of imide groups is 1. The number of methoxy groups -OCH3 is 2. The minimum Gasteiger partial charge on any atom is -0.493 e. The molecule has 1 aromatic rings. The molecule has 7 nitrogen and oxygen atoms in total. The van der Waals surface area contributed by atoms with Gasteiger partial charge in [0.05, 0.1) is 32.0 Å². The Morgan fingerprint density at radius 2 is 1.69 bits per heavy atom. The third kappa shape index (κ3) is 4.10. The fraction of sp³-hybridized carbons (Fsp3) is 0.545. The highest BCUT2D eigenvalue weighted by Gasteiger charge is 2.42. The van der Waals surface area contributed by atoms with Crippen LogP contribution in [0.15, 0.2) is 23.9 Å². The normalized spacial score (nSPS) is 22.5. The van der Waals surface area contributed by atoms with E-state index in [0.29, 0.717) is 48.0 Å². The van der Waals surface area contributed by atoms with Gasteiger partial charge in [-0.15, -0.1) is 0 Å². The van der Waals surface area contributed by atoms with Crippen molar-refractivity contribution in [2.24, 2.45) is 0 Å². The molecule has 1 saturated heterocycles. The summed E-state index contributed by atoms with van der Waals surface area (Å²) in [7, 11) is 3.12. The molecule has 0 spiro atoms. The molecular weight excluding hydrogens is 372 g/mol. The maximum atomic E-state index is 13.3. The molecule has 2 unspecified atom stereocenters. The van der Waals surface area contributed by atoms with Crippen LogP contribution in [0.2, 0.25) is 0 Å². The smallest absolute Gasteiger partial charge is 0.277 e. The summed E-state index contributed by atoms with van der Waals surface area (Å²) in [4.78, 5) is 30.0. The largest absolute Gasteiger partial charge is 0.493 e. The van der Waals surface area contributed by atoms with E-state index < -0.39 is 0 Å². The second-order valence-corrected chi connectivity index (χ2v) is 7.57. The van der Waals surface area contributed by atoms with Gasteiger partial charge in [-0.25, -0.2) is 0 Å². The molecule has 3 rings (SSSR count). The zero-order valence-electron chi connectivity index (χ0n) is 17.9. The maximum absolute atomic E-state index is 13.3. The average molecular weight is 402 g/mol. The SMILES string of the molecule is CCCCN1C(=O)C(c2ccc(OC)c(OC)c2)=C(N2CC(C)OC(C)C2)C1=O. The molecule has 1 fully saturated rings. The Balaban J connectivity index is 2.09. The Morgan fingerprint density at radius 1 is 1.03 bits per heavy atom. The molecule has 2 aliphatic rings. The molecule has 29 heavy (non-hydrogen) atoms. The molecule has 0 saturated carbocycles. The number of carbonyl (C=O) groups is 2. The van der Waals surface area contributed by atoms with E-state index in [9.17, 15) is 9.59 Å². The van der Waals surface area contributed by atoms with Crippen molar-refractivity contribution in [1.29, 1.82) is 0 Å². The third-order valence-electron chi connectivity index (χ3n) is 5.29. The predicted octanol–water partition coefficient (Wildman–Crippen LogP) is 2.69. The summed E-state index contributed by atoms with van der Waals surface area (Å²) in [5.74, 6) is 0.617. The van der Waals surface area contributed by atoms with Crippen LogP contribution in [0.5, 0.6) is 11.5 Å². The number of rotatable bonds is 7. The van der Waals surface area contributed by atoms with E-state index in [1.165, 1.54) is 4.90 Å². The van der Waals surface area contributed by atoms with Crippen molar-refractivity contribution in [2.75, 3.05) is 33.9 Å². The van der Waals surface area contributed by atoms with Gasteiger partial charge >= 0.3 is 0 Å². The minimum atomic E-state index is -0.252. The summed E-state index contributed by atoms with van der Waals surface area (Å²) in [6.07, 6.45) is 1.64. The summed E-state index contributed by atoms with van der Waals surface area (Å²) in [5.41, 5.74) is 1.54. The number of morpholine rings is 1. The van der Waals surface area contributed by atoms with Crippen molar-refractivity contribution < 1.29 is 23.8 Å². The summed E-state index contributed by atoms with van der Waals surface area (Å²) in [6, 6.07) is 5.32. The van der Waals surface area contributed by atoms with Crippen LogP contribution >= 0.6 is 0 Å². The van der Waals surface area contributed by atoms with E-state index >= 15 is 0 Å². The first-order valence-corrected chi connectivity index (χ1v) is 10.1. The highest BCUT2D eigenvalue weighted by Crippen LogP contribution is 2.37. The lowest BCUT2D eigenvalue weighted by atomic mass is 10.0. The molecule has 7 heteroatoms. The maximum Gasteiger partial charge on any atom is 0.277 e. The van der Waals surface area contributed by atoms with Gasteiger partial charge in [-0.3, -0.25) is 14.5 Å². The van der Waals surface area contributed by atoms with Gasteiger partial charge in [0, 0.05) is 19.6 Å². The summed E-state index contributed by atoms with van der Waals surface area (Å²) in [6.45, 7) is 7.56. The quantitative estimate of drug-likeness (QED) is 0.654. The molecule has 0 radical (unpaired) electrons. The second kappa shape index (κ2) is 8.86. The van der Waals surface area contributed by atoms with Crippen molar-refractivity contribution in [3.8, 4) is 11.5 Å². The fourth-order valence-corrected chi connectivity index (χ4v) is 3.99. The average Bonchev–Trinajstić information content (AvgIpc) is 2.95. The molecule has 2 heterocycles. The molecular formula is C22H30N2O5. The Morgan fingerprint density at radius 3 is 2.28 bits per heavy atom. The van der Waals surface area contributed by atoms with Gasteiger partial charge in [0.15, 0.2) is 11.5 Å². The Kier molecular flexibility index (Phi) is 6.47. The number of hydrogen-bond donors (Lipinski definition) is 0. The lowest BCUT2D eigenvalue weighted by molar-refractivity contribution is -0.138. The zero-order valence-corrected chi connectivity index (χ0v) is 17.9. The molecule has 2 aliphatic heterocycles. The van der Waals surface area contributed by atoms with Crippen molar-refractivity contribution in [3.05, 3.63) is 29.5 Å². The number of nitrogens with zero attached hydrogens (tertiary/aromatic N) is 2. The van der Waals surface area contributed by atoms with E-state index in [1.807, 2.05) is 25.7 Å². The number of amides is 2. The van der Waals surface area contributed by atoms with Gasteiger partial charge < -0.3 is 19.1 Å². The van der Waals surface area contributed by atoms with Crippen molar-refractivity contribution in [2.45, 2.75) is 45.8 Å². The van der Waals surface area contributed by atoms with Gasteiger partial charge in [-0.1, -0.05) is 19.4 Å². The Hall–Kier alpha value is -2.54. The first kappa shape index (κ1) is 21.2. The topological polar surface area (TPSA) is 68.3 Å². The van der Waals surface area contributed by atoms with E-state index in [2.05, 4.69) is 0 Å². The molecule has 1 aromatic carbocycles. The number of carbonyl (C=O) groups excluding carboxylic acids is 2. The van der Waals surface area contributed by atoms with Gasteiger partial charge in [-0.05, 0) is 38.0 Å². The van der Waals surface area contributed by atoms with Crippen LogP contribution in [-0.4, -0.2) is 67.7 Å². The highest BCUT2D eigenvalue weighted by molar-refractivity contribution is 6.35. The zero-order chi connectivity index (χ0) is 21.1. The van der Waals surface area contributed by atoms with Crippen molar-refractivity contribution >= 4 is 17.4 Å².